The fourth-order valence-corrected chi connectivity index (χ4v) is 1.31. The van der Waals surface area contributed by atoms with E-state index in [9.17, 15) is 39.3 Å². The lowest BCUT2D eigenvalue weighted by molar-refractivity contribution is -0.180. The van der Waals surface area contributed by atoms with Crippen molar-refractivity contribution in [2.45, 2.75) is 24.0 Å². The second-order valence-corrected chi connectivity index (χ2v) is 3.90. The van der Waals surface area contributed by atoms with Crippen LogP contribution in [0.2, 0.25) is 0 Å². The van der Waals surface area contributed by atoms with E-state index in [1.54, 1.807) is 0 Å². The van der Waals surface area contributed by atoms with Gasteiger partial charge in [-0.1, -0.05) is 0 Å². The molecule has 10 heteroatoms. The highest BCUT2D eigenvalue weighted by Crippen LogP contribution is 2.34. The van der Waals surface area contributed by atoms with Crippen LogP contribution in [0.5, 0.6) is 0 Å². The smallest absolute Gasteiger partial charge is 0.404 e. The lowest BCUT2D eigenvalue weighted by atomic mass is 10.3. The van der Waals surface area contributed by atoms with Gasteiger partial charge in [0.05, 0.1) is 6.42 Å². The molecule has 1 unspecified atom stereocenters. The maximum atomic E-state index is 11.7. The van der Waals surface area contributed by atoms with Crippen molar-refractivity contribution in [1.29, 1.82) is 0 Å². The average Bonchev–Trinajstić information content (AvgIpc) is 1.75. The van der Waals surface area contributed by atoms with Crippen molar-refractivity contribution in [3.05, 3.63) is 0 Å². The molecule has 1 atom stereocenters. The molecular formula is C4H3F6O3S-. The van der Waals surface area contributed by atoms with Gasteiger partial charge in [-0.3, -0.25) is 0 Å². The zero-order chi connectivity index (χ0) is 11.8. The zero-order valence-corrected chi connectivity index (χ0v) is 7.00. The molecule has 0 N–H and O–H groups in total. The van der Waals surface area contributed by atoms with Crippen LogP contribution in [0.3, 0.4) is 0 Å². The molecule has 0 spiro atoms. The van der Waals surface area contributed by atoms with Gasteiger partial charge >= 0.3 is 12.4 Å². The molecule has 0 bridgehead atoms. The van der Waals surface area contributed by atoms with Gasteiger partial charge in [0.1, 0.15) is 10.1 Å². The van der Waals surface area contributed by atoms with Gasteiger partial charge in [0.15, 0.2) is 5.25 Å². The van der Waals surface area contributed by atoms with E-state index in [1.165, 1.54) is 0 Å². The van der Waals surface area contributed by atoms with Gasteiger partial charge in [-0.05, 0) is 0 Å². The maximum absolute atomic E-state index is 11.7. The molecule has 0 aromatic carbocycles. The van der Waals surface area contributed by atoms with E-state index in [2.05, 4.69) is 0 Å². The first-order chi connectivity index (χ1) is 5.84. The Kier molecular flexibility index (Phi) is 3.44. The minimum absolute atomic E-state index is 2.72. The van der Waals surface area contributed by atoms with Gasteiger partial charge in [0.25, 0.3) is 0 Å². The van der Waals surface area contributed by atoms with Gasteiger partial charge < -0.3 is 4.55 Å². The van der Waals surface area contributed by atoms with Crippen molar-refractivity contribution in [2.75, 3.05) is 0 Å². The molecule has 3 nitrogen and oxygen atoms in total. The monoisotopic (exact) mass is 245 g/mol. The first-order valence-electron chi connectivity index (χ1n) is 2.92. The van der Waals surface area contributed by atoms with Gasteiger partial charge in [-0.15, -0.1) is 0 Å². The second kappa shape index (κ2) is 3.57. The lowest BCUT2D eigenvalue weighted by Crippen LogP contribution is -2.40. The largest absolute Gasteiger partial charge is 0.747 e. The summed E-state index contributed by atoms with van der Waals surface area (Å²) in [5, 5.41) is -3.94. The number of hydrogen-bond acceptors (Lipinski definition) is 3. The third kappa shape index (κ3) is 4.65. The predicted molar refractivity (Wildman–Crippen MR) is 30.2 cm³/mol. The first kappa shape index (κ1) is 13.5. The highest BCUT2D eigenvalue weighted by Gasteiger charge is 2.50. The fourth-order valence-electron chi connectivity index (χ4n) is 0.592. The molecule has 0 aliphatic carbocycles. The Labute approximate surface area is 74.5 Å². The number of rotatable bonds is 2. The molecule has 0 heterocycles. The molecule has 0 fully saturated rings. The molecule has 0 saturated carbocycles. The molecule has 0 aliphatic rings. The van der Waals surface area contributed by atoms with Crippen molar-refractivity contribution < 1.29 is 39.3 Å². The van der Waals surface area contributed by atoms with Crippen LogP contribution in [-0.2, 0) is 10.1 Å². The summed E-state index contributed by atoms with van der Waals surface area (Å²) in [5.74, 6) is 0. The van der Waals surface area contributed by atoms with E-state index in [1.807, 2.05) is 0 Å². The summed E-state index contributed by atoms with van der Waals surface area (Å²) >= 11 is 0. The van der Waals surface area contributed by atoms with Gasteiger partial charge in [-0.2, -0.15) is 26.3 Å². The SMILES string of the molecule is O=S(=O)([O-])C(CC(F)(F)F)C(F)(F)F. The number of alkyl halides is 6. The Morgan fingerprint density at radius 1 is 1.07 bits per heavy atom. The summed E-state index contributed by atoms with van der Waals surface area (Å²) in [6.07, 6.45) is -13.8. The van der Waals surface area contributed by atoms with Crippen LogP contribution < -0.4 is 0 Å². The van der Waals surface area contributed by atoms with Crippen LogP contribution in [0, 0.1) is 0 Å². The Bertz CT molecular complexity index is 287. The minimum Gasteiger partial charge on any atom is -0.747 e. The topological polar surface area (TPSA) is 57.2 Å². The second-order valence-electron chi connectivity index (χ2n) is 2.34. The third-order valence-corrected chi connectivity index (χ3v) is 2.26. The van der Waals surface area contributed by atoms with Crippen molar-refractivity contribution in [3.63, 3.8) is 0 Å². The normalized spacial score (nSPS) is 16.8. The number of hydrogen-bond donors (Lipinski definition) is 0. The molecule has 86 valence electrons. The third-order valence-electron chi connectivity index (χ3n) is 1.13. The Morgan fingerprint density at radius 3 is 1.50 bits per heavy atom. The molecule has 14 heavy (non-hydrogen) atoms. The molecule has 0 aromatic heterocycles. The maximum Gasteiger partial charge on any atom is 0.404 e. The highest BCUT2D eigenvalue weighted by molar-refractivity contribution is 7.86. The van der Waals surface area contributed by atoms with Gasteiger partial charge in [-0.25, -0.2) is 8.42 Å². The van der Waals surface area contributed by atoms with Gasteiger partial charge in [0, 0.05) is 0 Å². The van der Waals surface area contributed by atoms with Crippen molar-refractivity contribution >= 4 is 10.1 Å². The van der Waals surface area contributed by atoms with Crippen molar-refractivity contribution in [2.24, 2.45) is 0 Å². The van der Waals surface area contributed by atoms with Crippen LogP contribution in [-0.4, -0.2) is 30.6 Å². The molecular weight excluding hydrogens is 242 g/mol. The van der Waals surface area contributed by atoms with E-state index >= 15 is 0 Å². The van der Waals surface area contributed by atoms with Crippen LogP contribution in [0.4, 0.5) is 26.3 Å². The highest BCUT2D eigenvalue weighted by atomic mass is 32.2. The standard InChI is InChI=1S/C4H4F6O3S/c5-3(6,7)1-2(4(8,9)10)14(11,12)13/h2H,1H2,(H,11,12,13)/p-1. The van der Waals surface area contributed by atoms with Crippen molar-refractivity contribution in [1.82, 2.24) is 0 Å². The van der Waals surface area contributed by atoms with E-state index in [-0.39, 0.29) is 0 Å². The van der Waals surface area contributed by atoms with Gasteiger partial charge in [0.2, 0.25) is 0 Å². The average molecular weight is 245 g/mol. The Morgan fingerprint density at radius 2 is 1.43 bits per heavy atom. The Hall–Kier alpha value is -0.510. The summed E-state index contributed by atoms with van der Waals surface area (Å²) in [4.78, 5) is 0. The van der Waals surface area contributed by atoms with Crippen LogP contribution in [0.1, 0.15) is 6.42 Å². The van der Waals surface area contributed by atoms with Crippen LogP contribution >= 0.6 is 0 Å². The molecule has 0 amide bonds. The fraction of sp³-hybridized carbons (Fsp3) is 1.00. The van der Waals surface area contributed by atoms with Crippen molar-refractivity contribution in [3.8, 4) is 0 Å². The summed E-state index contributed by atoms with van der Waals surface area (Å²) in [6, 6.07) is 0. The number of halogens is 6. The summed E-state index contributed by atoms with van der Waals surface area (Å²) in [6.45, 7) is 0. The first-order valence-corrected chi connectivity index (χ1v) is 4.39. The molecule has 0 aliphatic heterocycles. The van der Waals surface area contributed by atoms with E-state index in [0.29, 0.717) is 0 Å². The van der Waals surface area contributed by atoms with Crippen LogP contribution in [0.15, 0.2) is 0 Å². The van der Waals surface area contributed by atoms with E-state index in [4.69, 9.17) is 0 Å². The Balaban J connectivity index is 4.98. The summed E-state index contributed by atoms with van der Waals surface area (Å²) < 4.78 is 99.0. The van der Waals surface area contributed by atoms with E-state index < -0.39 is 34.1 Å². The zero-order valence-electron chi connectivity index (χ0n) is 6.19. The van der Waals surface area contributed by atoms with Crippen LogP contribution in [0.25, 0.3) is 0 Å². The predicted octanol–water partition coefficient (Wildman–Crippen LogP) is 1.41. The molecule has 0 rings (SSSR count). The summed E-state index contributed by atoms with van der Waals surface area (Å²) in [7, 11) is -6.05. The molecule has 0 saturated heterocycles. The quantitative estimate of drug-likeness (QED) is 0.546. The van der Waals surface area contributed by atoms with E-state index in [0.717, 1.165) is 0 Å². The summed E-state index contributed by atoms with van der Waals surface area (Å²) in [5.41, 5.74) is 0. The minimum atomic E-state index is -6.05. The molecule has 0 aromatic rings. The molecule has 0 radical (unpaired) electrons. The lowest BCUT2D eigenvalue weighted by Gasteiger charge is -2.23.